The first kappa shape index (κ1) is 24.4. The Morgan fingerprint density at radius 2 is 1.68 bits per heavy atom. The number of benzene rings is 3. The first-order valence-corrected chi connectivity index (χ1v) is 11.4. The van der Waals surface area contributed by atoms with Gasteiger partial charge in [-0.05, 0) is 42.2 Å². The molecule has 3 aromatic carbocycles. The van der Waals surface area contributed by atoms with Crippen LogP contribution in [0.3, 0.4) is 0 Å². The zero-order valence-electron chi connectivity index (χ0n) is 17.8. The monoisotopic (exact) mass is 504 g/mol. The van der Waals surface area contributed by atoms with E-state index in [-0.39, 0.29) is 43.9 Å². The number of rotatable bonds is 8. The van der Waals surface area contributed by atoms with Crippen LogP contribution >= 0.6 is 11.6 Å². The van der Waals surface area contributed by atoms with Crippen molar-refractivity contribution in [2.75, 3.05) is 0 Å². The Labute approximate surface area is 216 Å². The summed E-state index contributed by atoms with van der Waals surface area (Å²) in [6, 6.07) is 29.6. The molecule has 1 saturated carbocycles. The van der Waals surface area contributed by atoms with Crippen LogP contribution in [-0.4, -0.2) is 11.2 Å². The molecule has 157 valence electrons. The second-order valence-corrected chi connectivity index (χ2v) is 8.94. The van der Waals surface area contributed by atoms with Crippen LogP contribution in [0.2, 0.25) is 0 Å². The van der Waals surface area contributed by atoms with E-state index < -0.39 is 0 Å². The molecule has 1 aliphatic rings. The van der Waals surface area contributed by atoms with Crippen molar-refractivity contribution in [1.29, 1.82) is 0 Å². The third kappa shape index (κ3) is 6.61. The van der Waals surface area contributed by atoms with E-state index in [9.17, 15) is 4.79 Å². The maximum absolute atomic E-state index is 12.6. The van der Waals surface area contributed by atoms with E-state index in [0.717, 1.165) is 43.2 Å². The Morgan fingerprint density at radius 3 is 2.39 bits per heavy atom. The maximum Gasteiger partial charge on any atom is 0.167 e. The van der Waals surface area contributed by atoms with Gasteiger partial charge in [0.2, 0.25) is 0 Å². The van der Waals surface area contributed by atoms with Crippen LogP contribution in [0, 0.1) is 12.0 Å². The Hall–Kier alpha value is -1.28. The molecule has 0 amide bonds. The van der Waals surface area contributed by atoms with Crippen LogP contribution in [-0.2, 0) is 45.6 Å². The standard InChI is InChI=1S/C28H28ClO.Y/c29-27-19-18-25(26(27)13-7-12-21-8-3-1-4-9-21)23-14-16-24(17-15-23)28(30)20-22-10-5-2-6-11-22;/h1-3,5-6,8-11,14-17,25-27H,7,12-13,18-20H2;/q-1;. The third-order valence-corrected chi connectivity index (χ3v) is 6.92. The molecule has 1 nitrogen and oxygen atoms in total. The molecule has 3 aromatic rings. The summed E-state index contributed by atoms with van der Waals surface area (Å²) in [7, 11) is 0. The van der Waals surface area contributed by atoms with Gasteiger partial charge in [-0.1, -0.05) is 67.4 Å². The van der Waals surface area contributed by atoms with Crippen LogP contribution in [0.5, 0.6) is 0 Å². The largest absolute Gasteiger partial charge is 0.294 e. The molecule has 0 N–H and O–H groups in total. The SMILES string of the molecule is O=C(Cc1ccccc1)c1ccc(C2CCC(Cl)C2CCCc2c[c-]ccc2)cc1.[Y]. The van der Waals surface area contributed by atoms with Gasteiger partial charge in [0.25, 0.3) is 0 Å². The normalized spacial score (nSPS) is 20.2. The van der Waals surface area contributed by atoms with E-state index >= 15 is 0 Å². The molecule has 1 fully saturated rings. The van der Waals surface area contributed by atoms with Gasteiger partial charge in [-0.2, -0.15) is 35.9 Å². The second kappa shape index (κ2) is 12.1. The average Bonchev–Trinajstić information content (AvgIpc) is 3.16. The van der Waals surface area contributed by atoms with Crippen molar-refractivity contribution >= 4 is 17.4 Å². The van der Waals surface area contributed by atoms with Crippen molar-refractivity contribution in [1.82, 2.24) is 0 Å². The maximum atomic E-state index is 12.6. The minimum Gasteiger partial charge on any atom is -0.294 e. The van der Waals surface area contributed by atoms with E-state index in [1.807, 2.05) is 48.5 Å². The molecule has 0 aliphatic heterocycles. The fraction of sp³-hybridized carbons (Fsp3) is 0.321. The first-order chi connectivity index (χ1) is 14.7. The van der Waals surface area contributed by atoms with Crippen molar-refractivity contribution in [2.45, 2.75) is 49.8 Å². The quantitative estimate of drug-likeness (QED) is 0.183. The van der Waals surface area contributed by atoms with E-state index in [1.165, 1.54) is 11.1 Å². The predicted molar refractivity (Wildman–Crippen MR) is 124 cm³/mol. The van der Waals surface area contributed by atoms with Crippen molar-refractivity contribution in [3.8, 4) is 0 Å². The molecule has 0 saturated heterocycles. The molecule has 31 heavy (non-hydrogen) atoms. The number of ketones is 1. The Balaban J connectivity index is 0.00000272. The van der Waals surface area contributed by atoms with Gasteiger partial charge in [-0.25, -0.2) is 0 Å². The summed E-state index contributed by atoms with van der Waals surface area (Å²) in [6.07, 6.45) is 6.03. The summed E-state index contributed by atoms with van der Waals surface area (Å²) in [5.41, 5.74) is 4.52. The van der Waals surface area contributed by atoms with Gasteiger partial charge >= 0.3 is 0 Å². The average molecular weight is 505 g/mol. The minimum absolute atomic E-state index is 0. The van der Waals surface area contributed by atoms with Crippen LogP contribution in [0.25, 0.3) is 0 Å². The Morgan fingerprint density at radius 1 is 0.935 bits per heavy atom. The van der Waals surface area contributed by atoms with Crippen LogP contribution in [0.4, 0.5) is 0 Å². The molecular formula is C28H28ClOY-. The second-order valence-electron chi connectivity index (χ2n) is 8.38. The number of hydrogen-bond acceptors (Lipinski definition) is 1. The third-order valence-electron chi connectivity index (χ3n) is 6.38. The van der Waals surface area contributed by atoms with Gasteiger partial charge in [0.05, 0.1) is 0 Å². The van der Waals surface area contributed by atoms with E-state index in [4.69, 9.17) is 11.6 Å². The number of carbonyl (C=O) groups excluding carboxylic acids is 1. The number of hydrogen-bond donors (Lipinski definition) is 0. The number of Topliss-reactive ketones (excluding diaryl/α,β-unsaturated/α-hetero) is 1. The zero-order valence-corrected chi connectivity index (χ0v) is 21.4. The summed E-state index contributed by atoms with van der Waals surface area (Å²) in [6.45, 7) is 0. The van der Waals surface area contributed by atoms with E-state index in [2.05, 4.69) is 36.4 Å². The molecule has 4 rings (SSSR count). The number of carbonyl (C=O) groups is 1. The molecule has 3 atom stereocenters. The number of halogens is 1. The summed E-state index contributed by atoms with van der Waals surface area (Å²) >= 11 is 6.72. The zero-order chi connectivity index (χ0) is 20.8. The summed E-state index contributed by atoms with van der Waals surface area (Å²) in [5, 5.41) is 0.247. The molecule has 0 bridgehead atoms. The Bertz CT molecular complexity index is 940. The molecule has 0 heterocycles. The van der Waals surface area contributed by atoms with E-state index in [1.54, 1.807) is 0 Å². The summed E-state index contributed by atoms with van der Waals surface area (Å²) < 4.78 is 0. The molecular weight excluding hydrogens is 477 g/mol. The van der Waals surface area contributed by atoms with Crippen LogP contribution < -0.4 is 0 Å². The van der Waals surface area contributed by atoms with Crippen molar-refractivity contribution < 1.29 is 37.5 Å². The fourth-order valence-electron chi connectivity index (χ4n) is 4.74. The van der Waals surface area contributed by atoms with Gasteiger partial charge in [0.1, 0.15) is 0 Å². The van der Waals surface area contributed by atoms with Gasteiger partial charge in [-0.3, -0.25) is 4.79 Å². The van der Waals surface area contributed by atoms with Crippen molar-refractivity contribution in [3.63, 3.8) is 0 Å². The molecule has 3 heteroatoms. The predicted octanol–water partition coefficient (Wildman–Crippen LogP) is 7.03. The summed E-state index contributed by atoms with van der Waals surface area (Å²) in [4.78, 5) is 12.6. The van der Waals surface area contributed by atoms with E-state index in [0.29, 0.717) is 18.3 Å². The topological polar surface area (TPSA) is 17.1 Å². The van der Waals surface area contributed by atoms with Crippen LogP contribution in [0.15, 0.2) is 78.9 Å². The first-order valence-electron chi connectivity index (χ1n) is 11.0. The number of alkyl halides is 1. The Kier molecular flexibility index (Phi) is 9.51. The molecule has 0 spiro atoms. The smallest absolute Gasteiger partial charge is 0.167 e. The van der Waals surface area contributed by atoms with Crippen molar-refractivity contribution in [3.05, 3.63) is 107 Å². The van der Waals surface area contributed by atoms with Gasteiger partial charge < -0.3 is 0 Å². The van der Waals surface area contributed by atoms with Crippen LogP contribution in [0.1, 0.15) is 58.6 Å². The summed E-state index contributed by atoms with van der Waals surface area (Å²) in [5.74, 6) is 1.17. The van der Waals surface area contributed by atoms with Gasteiger partial charge in [-0.15, -0.1) is 11.6 Å². The van der Waals surface area contributed by atoms with Gasteiger partial charge in [0, 0.05) is 50.1 Å². The minimum atomic E-state index is 0. The molecule has 0 aromatic heterocycles. The fourth-order valence-corrected chi connectivity index (χ4v) is 5.17. The number of aryl methyl sites for hydroxylation is 1. The van der Waals surface area contributed by atoms with Gasteiger partial charge in [0.15, 0.2) is 5.78 Å². The molecule has 1 aliphatic carbocycles. The molecule has 3 unspecified atom stereocenters. The molecule has 1 radical (unpaired) electrons. The van der Waals surface area contributed by atoms with Crippen molar-refractivity contribution in [2.24, 2.45) is 5.92 Å².